The van der Waals surface area contributed by atoms with E-state index < -0.39 is 21.3 Å². The number of rotatable bonds is 4. The van der Waals surface area contributed by atoms with Gasteiger partial charge >= 0.3 is 21.3 Å². The molecule has 0 bridgehead atoms. The zero-order chi connectivity index (χ0) is 14.0. The first-order valence-electron chi connectivity index (χ1n) is 4.84. The van der Waals surface area contributed by atoms with Gasteiger partial charge in [0.05, 0.1) is 0 Å². The summed E-state index contributed by atoms with van der Waals surface area (Å²) in [5, 5.41) is -4.99. The van der Waals surface area contributed by atoms with Crippen molar-refractivity contribution >= 4 is 16.1 Å². The molecule has 0 aromatic heterocycles. The van der Waals surface area contributed by atoms with Gasteiger partial charge in [0, 0.05) is 0 Å². The number of halogens is 2. The van der Waals surface area contributed by atoms with Gasteiger partial charge in [0.2, 0.25) is 0 Å². The molecule has 0 fully saturated rings. The summed E-state index contributed by atoms with van der Waals surface area (Å²) in [7, 11) is -5.84. The van der Waals surface area contributed by atoms with E-state index in [9.17, 15) is 22.0 Å². The van der Waals surface area contributed by atoms with Gasteiger partial charge in [-0.15, -0.1) is 0 Å². The number of aryl methyl sites for hydroxylation is 1. The summed E-state index contributed by atoms with van der Waals surface area (Å²) < 4.78 is 58.6. The number of benzene rings is 1. The molecule has 0 saturated heterocycles. The van der Waals surface area contributed by atoms with Crippen LogP contribution in [0.15, 0.2) is 24.3 Å². The third kappa shape index (κ3) is 3.02. The SMILES string of the molecule is CCc1ccc(OC(=O)C(F)(F)S(=O)(=O)O)cc1. The second-order valence-electron chi connectivity index (χ2n) is 3.38. The molecular formula is C10H10F2O5S. The first-order valence-corrected chi connectivity index (χ1v) is 6.28. The van der Waals surface area contributed by atoms with Crippen molar-refractivity contribution in [2.45, 2.75) is 18.6 Å². The van der Waals surface area contributed by atoms with E-state index in [0.29, 0.717) is 6.42 Å². The van der Waals surface area contributed by atoms with Crippen LogP contribution in [0.1, 0.15) is 12.5 Å². The molecule has 0 aliphatic heterocycles. The number of alkyl halides is 2. The molecule has 1 N–H and O–H groups in total. The minimum atomic E-state index is -5.84. The molecule has 1 rings (SSSR count). The zero-order valence-corrected chi connectivity index (χ0v) is 10.1. The molecule has 5 nitrogen and oxygen atoms in total. The molecule has 18 heavy (non-hydrogen) atoms. The number of carbonyl (C=O) groups excluding carboxylic acids is 1. The van der Waals surface area contributed by atoms with E-state index in [-0.39, 0.29) is 5.75 Å². The van der Waals surface area contributed by atoms with Crippen molar-refractivity contribution in [3.8, 4) is 5.75 Å². The molecule has 0 amide bonds. The lowest BCUT2D eigenvalue weighted by Crippen LogP contribution is -2.40. The van der Waals surface area contributed by atoms with Gasteiger partial charge in [-0.25, -0.2) is 4.79 Å². The van der Waals surface area contributed by atoms with E-state index in [2.05, 4.69) is 4.74 Å². The normalized spacial score (nSPS) is 12.2. The largest absolute Gasteiger partial charge is 0.466 e. The highest BCUT2D eigenvalue weighted by Gasteiger charge is 2.54. The van der Waals surface area contributed by atoms with Crippen LogP contribution >= 0.6 is 0 Å². The van der Waals surface area contributed by atoms with Crippen LogP contribution < -0.4 is 4.74 Å². The van der Waals surface area contributed by atoms with Crippen LogP contribution in [-0.4, -0.2) is 24.2 Å². The van der Waals surface area contributed by atoms with Crippen molar-refractivity contribution in [1.82, 2.24) is 0 Å². The van der Waals surface area contributed by atoms with E-state index in [4.69, 9.17) is 4.55 Å². The molecule has 1 aromatic carbocycles. The van der Waals surface area contributed by atoms with Crippen LogP contribution in [0, 0.1) is 0 Å². The Kier molecular flexibility index (Phi) is 4.02. The van der Waals surface area contributed by atoms with Gasteiger partial charge in [-0.2, -0.15) is 17.2 Å². The average Bonchev–Trinajstić information content (AvgIpc) is 2.28. The van der Waals surface area contributed by atoms with Gasteiger partial charge < -0.3 is 4.74 Å². The van der Waals surface area contributed by atoms with Crippen molar-refractivity contribution in [3.63, 3.8) is 0 Å². The average molecular weight is 280 g/mol. The maximum Gasteiger partial charge on any atom is 0.466 e. The molecule has 0 spiro atoms. The quantitative estimate of drug-likeness (QED) is 0.515. The Balaban J connectivity index is 2.88. The number of hydrogen-bond acceptors (Lipinski definition) is 4. The second-order valence-corrected chi connectivity index (χ2v) is 4.84. The van der Waals surface area contributed by atoms with E-state index >= 15 is 0 Å². The summed E-state index contributed by atoms with van der Waals surface area (Å²) >= 11 is 0. The fourth-order valence-corrected chi connectivity index (χ4v) is 1.32. The van der Waals surface area contributed by atoms with E-state index in [0.717, 1.165) is 5.56 Å². The van der Waals surface area contributed by atoms with Crippen LogP contribution in [-0.2, 0) is 21.3 Å². The molecule has 0 atom stereocenters. The number of ether oxygens (including phenoxy) is 1. The molecule has 0 aliphatic rings. The second kappa shape index (κ2) is 4.99. The van der Waals surface area contributed by atoms with Crippen molar-refractivity contribution in [1.29, 1.82) is 0 Å². The predicted octanol–water partition coefficient (Wildman–Crippen LogP) is 1.64. The summed E-state index contributed by atoms with van der Waals surface area (Å²) in [6, 6.07) is 5.57. The Hall–Kier alpha value is -1.54. The Bertz CT molecular complexity index is 536. The summed E-state index contributed by atoms with van der Waals surface area (Å²) in [6.45, 7) is 1.87. The number of carbonyl (C=O) groups is 1. The fraction of sp³-hybridized carbons (Fsp3) is 0.300. The van der Waals surface area contributed by atoms with Crippen molar-refractivity contribution < 1.29 is 31.3 Å². The molecule has 100 valence electrons. The van der Waals surface area contributed by atoms with Gasteiger partial charge in [0.1, 0.15) is 5.75 Å². The van der Waals surface area contributed by atoms with Crippen LogP contribution in [0.3, 0.4) is 0 Å². The van der Waals surface area contributed by atoms with Gasteiger partial charge in [-0.1, -0.05) is 19.1 Å². The molecule has 0 aliphatic carbocycles. The summed E-state index contributed by atoms with van der Waals surface area (Å²) in [6.07, 6.45) is 0.704. The Morgan fingerprint density at radius 1 is 1.33 bits per heavy atom. The van der Waals surface area contributed by atoms with Crippen LogP contribution in [0.4, 0.5) is 8.78 Å². The predicted molar refractivity (Wildman–Crippen MR) is 58.0 cm³/mol. The Morgan fingerprint density at radius 2 is 1.83 bits per heavy atom. The van der Waals surface area contributed by atoms with E-state index in [1.165, 1.54) is 24.3 Å². The molecule has 8 heteroatoms. The highest BCUT2D eigenvalue weighted by atomic mass is 32.2. The van der Waals surface area contributed by atoms with Gasteiger partial charge in [-0.05, 0) is 24.1 Å². The lowest BCUT2D eigenvalue weighted by Gasteiger charge is -2.11. The molecule has 0 heterocycles. The first-order chi connectivity index (χ1) is 8.18. The van der Waals surface area contributed by atoms with Crippen molar-refractivity contribution in [2.24, 2.45) is 0 Å². The molecule has 0 unspecified atom stereocenters. The highest BCUT2D eigenvalue weighted by Crippen LogP contribution is 2.24. The summed E-state index contributed by atoms with van der Waals surface area (Å²) in [4.78, 5) is 10.9. The van der Waals surface area contributed by atoms with Crippen LogP contribution in [0.5, 0.6) is 5.75 Å². The maximum absolute atomic E-state index is 12.8. The monoisotopic (exact) mass is 280 g/mol. The summed E-state index contributed by atoms with van der Waals surface area (Å²) in [5.74, 6) is -2.59. The molecule has 0 saturated carbocycles. The van der Waals surface area contributed by atoms with Crippen molar-refractivity contribution in [2.75, 3.05) is 0 Å². The standard InChI is InChI=1S/C10H10F2O5S/c1-2-7-3-5-8(6-4-7)17-9(13)10(11,12)18(14,15)16/h3-6H,2H2,1H3,(H,14,15,16). The maximum atomic E-state index is 12.8. The molecule has 1 aromatic rings. The third-order valence-corrected chi connectivity index (χ3v) is 2.92. The molecular weight excluding hydrogens is 270 g/mol. The summed E-state index contributed by atoms with van der Waals surface area (Å²) in [5.41, 5.74) is 0.885. The third-order valence-electron chi connectivity index (χ3n) is 2.10. The first kappa shape index (κ1) is 14.5. The van der Waals surface area contributed by atoms with E-state index in [1.807, 2.05) is 6.92 Å². The van der Waals surface area contributed by atoms with E-state index in [1.54, 1.807) is 0 Å². The number of hydrogen-bond donors (Lipinski definition) is 1. The van der Waals surface area contributed by atoms with Crippen molar-refractivity contribution in [3.05, 3.63) is 29.8 Å². The minimum absolute atomic E-state index is 0.236. The van der Waals surface area contributed by atoms with Gasteiger partial charge in [0.25, 0.3) is 0 Å². The smallest absolute Gasteiger partial charge is 0.421 e. The van der Waals surface area contributed by atoms with Gasteiger partial charge in [0.15, 0.2) is 0 Å². The van der Waals surface area contributed by atoms with Crippen LogP contribution in [0.25, 0.3) is 0 Å². The number of esters is 1. The topological polar surface area (TPSA) is 80.7 Å². The Morgan fingerprint density at radius 3 is 2.22 bits per heavy atom. The Labute approximate surface area is 102 Å². The minimum Gasteiger partial charge on any atom is -0.421 e. The zero-order valence-electron chi connectivity index (χ0n) is 9.26. The molecule has 0 radical (unpaired) electrons. The highest BCUT2D eigenvalue weighted by molar-refractivity contribution is 7.87. The fourth-order valence-electron chi connectivity index (χ4n) is 1.06. The lowest BCUT2D eigenvalue weighted by atomic mass is 10.2. The van der Waals surface area contributed by atoms with Crippen LogP contribution in [0.2, 0.25) is 0 Å². The van der Waals surface area contributed by atoms with Gasteiger partial charge in [-0.3, -0.25) is 4.55 Å². The lowest BCUT2D eigenvalue weighted by molar-refractivity contribution is -0.151.